The first-order chi connectivity index (χ1) is 18.3. The van der Waals surface area contributed by atoms with Gasteiger partial charge in [0.1, 0.15) is 5.76 Å². The molecule has 3 aromatic carbocycles. The minimum atomic E-state index is -0.630. The van der Waals surface area contributed by atoms with E-state index in [1.807, 2.05) is 36.4 Å². The summed E-state index contributed by atoms with van der Waals surface area (Å²) in [6.07, 6.45) is 1.97. The molecule has 1 aromatic heterocycles. The van der Waals surface area contributed by atoms with Crippen LogP contribution in [0.4, 0.5) is 0 Å². The van der Waals surface area contributed by atoms with Gasteiger partial charge in [-0.1, -0.05) is 59.6 Å². The fourth-order valence-electron chi connectivity index (χ4n) is 4.51. The van der Waals surface area contributed by atoms with Gasteiger partial charge in [-0.15, -0.1) is 0 Å². The van der Waals surface area contributed by atoms with Crippen LogP contribution < -0.4 is 16.3 Å². The minimum absolute atomic E-state index is 0.0486. The van der Waals surface area contributed by atoms with E-state index in [1.165, 1.54) is 18.2 Å². The Labute approximate surface area is 228 Å². The molecule has 1 aliphatic carbocycles. The highest BCUT2D eigenvalue weighted by molar-refractivity contribution is 6.36. The van der Waals surface area contributed by atoms with Crippen molar-refractivity contribution in [2.24, 2.45) is 5.10 Å². The number of nitrogens with zero attached hydrogens (tertiary/aromatic N) is 1. The van der Waals surface area contributed by atoms with Crippen molar-refractivity contribution in [3.63, 3.8) is 0 Å². The number of aryl methyl sites for hydroxylation is 1. The minimum Gasteiger partial charge on any atom is -0.455 e. The summed E-state index contributed by atoms with van der Waals surface area (Å²) in [6, 6.07) is 17.6. The Kier molecular flexibility index (Phi) is 7.18. The highest BCUT2D eigenvalue weighted by Gasteiger charge is 2.28. The summed E-state index contributed by atoms with van der Waals surface area (Å²) in [7, 11) is 0. The van der Waals surface area contributed by atoms with Crippen molar-refractivity contribution in [2.75, 3.05) is 0 Å². The lowest BCUT2D eigenvalue weighted by atomic mass is 9.93. The zero-order chi connectivity index (χ0) is 26.8. The van der Waals surface area contributed by atoms with Crippen LogP contribution in [0.3, 0.4) is 0 Å². The van der Waals surface area contributed by atoms with Crippen LogP contribution in [0.2, 0.25) is 10.0 Å². The zero-order valence-electron chi connectivity index (χ0n) is 20.2. The standard InChI is InChI=1S/C28H22Cl2N4O4/c1-15-24-22(31-32-26(35)19-9-4-7-16-6-2-3-8-18(16)19)10-5-11-23(24)38-25(15)28(37)34-33-27(36)20-13-12-17(29)14-21(20)30/h2-4,6-9,12-14H,5,10-11H2,1H3,(H,32,35)(H,33,36)(H,34,37)/b31-22+. The van der Waals surface area contributed by atoms with Gasteiger partial charge in [0.15, 0.2) is 5.76 Å². The smallest absolute Gasteiger partial charge is 0.305 e. The number of hydrogen-bond acceptors (Lipinski definition) is 5. The number of carbonyl (C=O) groups excluding carboxylic acids is 3. The van der Waals surface area contributed by atoms with E-state index < -0.39 is 11.8 Å². The van der Waals surface area contributed by atoms with E-state index in [0.29, 0.717) is 46.0 Å². The molecular formula is C28H22Cl2N4O4. The first-order valence-corrected chi connectivity index (χ1v) is 12.6. The third kappa shape index (κ3) is 5.01. The number of carbonyl (C=O) groups is 3. The number of hydrogen-bond donors (Lipinski definition) is 3. The van der Waals surface area contributed by atoms with Gasteiger partial charge in [0.2, 0.25) is 0 Å². The van der Waals surface area contributed by atoms with Gasteiger partial charge in [-0.3, -0.25) is 25.2 Å². The first kappa shape index (κ1) is 25.5. The van der Waals surface area contributed by atoms with Crippen LogP contribution in [0.25, 0.3) is 10.8 Å². The summed E-state index contributed by atoms with van der Waals surface area (Å²) in [5, 5.41) is 6.73. The summed E-state index contributed by atoms with van der Waals surface area (Å²) in [5.41, 5.74) is 9.90. The van der Waals surface area contributed by atoms with Crippen molar-refractivity contribution in [3.8, 4) is 0 Å². The van der Waals surface area contributed by atoms with E-state index in [0.717, 1.165) is 17.2 Å². The molecule has 3 amide bonds. The molecule has 0 aliphatic heterocycles. The average molecular weight is 549 g/mol. The summed E-state index contributed by atoms with van der Waals surface area (Å²) in [5.74, 6) is -0.914. The van der Waals surface area contributed by atoms with Gasteiger partial charge in [-0.2, -0.15) is 5.10 Å². The molecule has 0 saturated carbocycles. The molecule has 0 spiro atoms. The molecule has 10 heteroatoms. The van der Waals surface area contributed by atoms with E-state index in [2.05, 4.69) is 21.4 Å². The average Bonchev–Trinajstić information content (AvgIpc) is 3.26. The van der Waals surface area contributed by atoms with Crippen molar-refractivity contribution in [1.29, 1.82) is 0 Å². The molecule has 3 N–H and O–H groups in total. The lowest BCUT2D eigenvalue weighted by Crippen LogP contribution is -2.41. The first-order valence-electron chi connectivity index (χ1n) is 11.9. The number of hydrazone groups is 1. The van der Waals surface area contributed by atoms with Gasteiger partial charge in [-0.25, -0.2) is 5.43 Å². The maximum Gasteiger partial charge on any atom is 0.305 e. The Morgan fingerprint density at radius 2 is 1.63 bits per heavy atom. The third-order valence-electron chi connectivity index (χ3n) is 6.32. The van der Waals surface area contributed by atoms with Gasteiger partial charge < -0.3 is 4.42 Å². The highest BCUT2D eigenvalue weighted by atomic mass is 35.5. The lowest BCUT2D eigenvalue weighted by molar-refractivity contribution is 0.0829. The molecule has 0 saturated heterocycles. The van der Waals surface area contributed by atoms with Crippen LogP contribution in [0, 0.1) is 6.92 Å². The van der Waals surface area contributed by atoms with Gasteiger partial charge in [0.25, 0.3) is 11.8 Å². The summed E-state index contributed by atoms with van der Waals surface area (Å²) >= 11 is 11.9. The van der Waals surface area contributed by atoms with E-state index in [1.54, 1.807) is 13.0 Å². The second-order valence-electron chi connectivity index (χ2n) is 8.77. The maximum absolute atomic E-state index is 13.0. The number of furan rings is 1. The maximum atomic E-state index is 13.0. The van der Waals surface area contributed by atoms with Crippen LogP contribution >= 0.6 is 23.2 Å². The molecule has 8 nitrogen and oxygen atoms in total. The van der Waals surface area contributed by atoms with Crippen LogP contribution in [0.1, 0.15) is 61.0 Å². The lowest BCUT2D eigenvalue weighted by Gasteiger charge is -2.13. The van der Waals surface area contributed by atoms with Crippen LogP contribution in [0.15, 0.2) is 70.2 Å². The van der Waals surface area contributed by atoms with Crippen molar-refractivity contribution in [2.45, 2.75) is 26.2 Å². The Hall–Kier alpha value is -4.14. The van der Waals surface area contributed by atoms with E-state index in [-0.39, 0.29) is 22.3 Å². The van der Waals surface area contributed by atoms with Crippen molar-refractivity contribution < 1.29 is 18.8 Å². The molecule has 0 bridgehead atoms. The van der Waals surface area contributed by atoms with E-state index in [9.17, 15) is 14.4 Å². The number of benzene rings is 3. The second-order valence-corrected chi connectivity index (χ2v) is 9.61. The molecule has 0 atom stereocenters. The van der Waals surface area contributed by atoms with Crippen molar-refractivity contribution in [3.05, 3.63) is 104 Å². The molecule has 1 aliphatic rings. The Morgan fingerprint density at radius 1 is 0.868 bits per heavy atom. The molecule has 0 fully saturated rings. The number of rotatable bonds is 4. The summed E-state index contributed by atoms with van der Waals surface area (Å²) in [6.45, 7) is 1.74. The molecule has 0 radical (unpaired) electrons. The van der Waals surface area contributed by atoms with Gasteiger partial charge in [0.05, 0.1) is 16.3 Å². The van der Waals surface area contributed by atoms with Crippen molar-refractivity contribution >= 4 is 57.4 Å². The Morgan fingerprint density at radius 3 is 2.45 bits per heavy atom. The summed E-state index contributed by atoms with van der Waals surface area (Å²) < 4.78 is 5.86. The molecule has 4 aromatic rings. The van der Waals surface area contributed by atoms with E-state index in [4.69, 9.17) is 27.6 Å². The van der Waals surface area contributed by atoms with Crippen molar-refractivity contribution in [1.82, 2.24) is 16.3 Å². The largest absolute Gasteiger partial charge is 0.455 e. The molecule has 1 heterocycles. The number of nitrogens with one attached hydrogen (secondary N) is 3. The van der Waals surface area contributed by atoms with Gasteiger partial charge in [0, 0.05) is 28.1 Å². The molecule has 0 unspecified atom stereocenters. The van der Waals surface area contributed by atoms with E-state index >= 15 is 0 Å². The predicted octanol–water partition coefficient (Wildman–Crippen LogP) is 5.59. The van der Waals surface area contributed by atoms with Crippen LogP contribution in [-0.4, -0.2) is 23.4 Å². The Balaban J connectivity index is 1.33. The number of fused-ring (bicyclic) bond motifs is 2. The van der Waals surface area contributed by atoms with Gasteiger partial charge >= 0.3 is 5.91 Å². The molecular weight excluding hydrogens is 527 g/mol. The van der Waals surface area contributed by atoms with Gasteiger partial charge in [-0.05, 0) is 54.8 Å². The zero-order valence-corrected chi connectivity index (χ0v) is 21.7. The quantitative estimate of drug-likeness (QED) is 0.288. The Bertz CT molecular complexity index is 1620. The topological polar surface area (TPSA) is 113 Å². The second kappa shape index (κ2) is 10.7. The SMILES string of the molecule is Cc1c(C(=O)NNC(=O)c2ccc(Cl)cc2Cl)oc2c1/C(=N/NC(=O)c1cccc3ccccc13)CCC2. The van der Waals surface area contributed by atoms with Crippen LogP contribution in [0.5, 0.6) is 0 Å². The predicted molar refractivity (Wildman–Crippen MR) is 146 cm³/mol. The third-order valence-corrected chi connectivity index (χ3v) is 6.87. The molecule has 38 heavy (non-hydrogen) atoms. The van der Waals surface area contributed by atoms with Crippen LogP contribution in [-0.2, 0) is 6.42 Å². The number of amides is 3. The number of hydrazine groups is 1. The fraction of sp³-hybridized carbons (Fsp3) is 0.143. The fourth-order valence-corrected chi connectivity index (χ4v) is 5.00. The monoisotopic (exact) mass is 548 g/mol. The normalized spacial score (nSPS) is 13.7. The summed E-state index contributed by atoms with van der Waals surface area (Å²) in [4.78, 5) is 38.3. The molecule has 192 valence electrons. The number of halogens is 2. The highest BCUT2D eigenvalue weighted by Crippen LogP contribution is 2.30. The molecule has 5 rings (SSSR count).